The summed E-state index contributed by atoms with van der Waals surface area (Å²) in [5.41, 5.74) is 8.51. The molecule has 3 heterocycles. The molecule has 0 spiro atoms. The van der Waals surface area contributed by atoms with Crippen LogP contribution in [-0.4, -0.2) is 49.0 Å². The fourth-order valence-electron chi connectivity index (χ4n) is 3.76. The Morgan fingerprint density at radius 1 is 1.33 bits per heavy atom. The maximum atomic E-state index is 15.3. The lowest BCUT2D eigenvalue weighted by atomic mass is 9.97. The smallest absolute Gasteiger partial charge is 0.413 e. The maximum absolute atomic E-state index is 15.3. The number of benzene rings is 1. The third-order valence-corrected chi connectivity index (χ3v) is 5.55. The molecule has 4 rings (SSSR count). The summed E-state index contributed by atoms with van der Waals surface area (Å²) in [5, 5.41) is 6.90. The number of rotatable bonds is 6. The van der Waals surface area contributed by atoms with Gasteiger partial charge in [0, 0.05) is 42.6 Å². The third kappa shape index (κ3) is 4.47. The number of carbonyl (C=O) groups is 1. The van der Waals surface area contributed by atoms with Crippen molar-refractivity contribution in [1.82, 2.24) is 9.97 Å². The number of hydrogen-bond acceptors (Lipinski definition) is 8. The molecule has 10 heteroatoms. The molecular weight excluding hydrogens is 429 g/mol. The van der Waals surface area contributed by atoms with Crippen LogP contribution in [0.5, 0.6) is 5.88 Å². The SMILES string of the molecule is CCC(COC)OC(=O)Nc1cc2cc(-c3cnc4c(c3C)NCCO4)c(F)c(N)c2cn1. The van der Waals surface area contributed by atoms with Crippen LogP contribution in [0.25, 0.3) is 21.9 Å². The molecule has 0 saturated heterocycles. The average molecular weight is 455 g/mol. The fourth-order valence-corrected chi connectivity index (χ4v) is 3.76. The Kier molecular flexibility index (Phi) is 6.45. The highest BCUT2D eigenvalue weighted by Crippen LogP contribution is 2.39. The molecule has 3 aromatic rings. The molecule has 0 aliphatic carbocycles. The van der Waals surface area contributed by atoms with Crippen LogP contribution >= 0.6 is 0 Å². The molecular formula is C23H26FN5O4. The number of pyridine rings is 2. The summed E-state index contributed by atoms with van der Waals surface area (Å²) in [6.45, 7) is 5.22. The molecule has 1 aromatic carbocycles. The number of aromatic nitrogens is 2. The number of ether oxygens (including phenoxy) is 3. The zero-order valence-corrected chi connectivity index (χ0v) is 18.7. The largest absolute Gasteiger partial charge is 0.474 e. The molecule has 0 bridgehead atoms. The van der Waals surface area contributed by atoms with Gasteiger partial charge in [-0.15, -0.1) is 0 Å². The highest BCUT2D eigenvalue weighted by atomic mass is 19.1. The van der Waals surface area contributed by atoms with Crippen LogP contribution in [0.3, 0.4) is 0 Å². The van der Waals surface area contributed by atoms with Crippen molar-refractivity contribution in [3.05, 3.63) is 35.9 Å². The van der Waals surface area contributed by atoms with Crippen LogP contribution < -0.4 is 21.1 Å². The van der Waals surface area contributed by atoms with Crippen molar-refractivity contribution in [2.45, 2.75) is 26.4 Å². The van der Waals surface area contributed by atoms with Crippen molar-refractivity contribution < 1.29 is 23.4 Å². The number of amides is 1. The Morgan fingerprint density at radius 3 is 2.91 bits per heavy atom. The summed E-state index contributed by atoms with van der Waals surface area (Å²) in [6.07, 6.45) is 2.58. The van der Waals surface area contributed by atoms with Gasteiger partial charge in [-0.3, -0.25) is 5.32 Å². The van der Waals surface area contributed by atoms with E-state index >= 15 is 4.39 Å². The van der Waals surface area contributed by atoms with Crippen molar-refractivity contribution >= 4 is 34.1 Å². The quantitative estimate of drug-likeness (QED) is 0.475. The second-order valence-electron chi connectivity index (χ2n) is 7.71. The van der Waals surface area contributed by atoms with Crippen molar-refractivity contribution in [1.29, 1.82) is 0 Å². The van der Waals surface area contributed by atoms with Crippen LogP contribution in [0.15, 0.2) is 24.5 Å². The molecule has 4 N–H and O–H groups in total. The molecule has 33 heavy (non-hydrogen) atoms. The van der Waals surface area contributed by atoms with E-state index in [9.17, 15) is 4.79 Å². The molecule has 0 radical (unpaired) electrons. The van der Waals surface area contributed by atoms with E-state index in [4.69, 9.17) is 19.9 Å². The Morgan fingerprint density at radius 2 is 2.15 bits per heavy atom. The first-order valence-electron chi connectivity index (χ1n) is 10.6. The lowest BCUT2D eigenvalue weighted by Crippen LogP contribution is -2.25. The van der Waals surface area contributed by atoms with E-state index in [1.165, 1.54) is 6.20 Å². The average Bonchev–Trinajstić information content (AvgIpc) is 2.81. The van der Waals surface area contributed by atoms with Gasteiger partial charge in [-0.1, -0.05) is 6.92 Å². The minimum atomic E-state index is -0.651. The van der Waals surface area contributed by atoms with Gasteiger partial charge in [0.1, 0.15) is 24.2 Å². The molecule has 1 atom stereocenters. The van der Waals surface area contributed by atoms with Gasteiger partial charge in [-0.2, -0.15) is 0 Å². The van der Waals surface area contributed by atoms with E-state index in [1.54, 1.807) is 25.4 Å². The van der Waals surface area contributed by atoms with Crippen LogP contribution in [0.4, 0.5) is 26.4 Å². The van der Waals surface area contributed by atoms with Crippen molar-refractivity contribution in [3.8, 4) is 17.0 Å². The monoisotopic (exact) mass is 455 g/mol. The highest BCUT2D eigenvalue weighted by Gasteiger charge is 2.21. The zero-order chi connectivity index (χ0) is 23.5. The number of methoxy groups -OCH3 is 1. The van der Waals surface area contributed by atoms with E-state index in [2.05, 4.69) is 20.6 Å². The third-order valence-electron chi connectivity index (χ3n) is 5.55. The standard InChI is InChI=1S/C23H26FN5O4/c1-4-14(11-31-3)33-23(30)29-18-8-13-7-15(19(24)20(25)17(13)10-27-18)16-9-28-22-21(12(16)2)26-5-6-32-22/h7-10,14,26H,4-6,11,25H2,1-3H3,(H,27,29,30). The predicted molar refractivity (Wildman–Crippen MR) is 124 cm³/mol. The second-order valence-corrected chi connectivity index (χ2v) is 7.71. The summed E-state index contributed by atoms with van der Waals surface area (Å²) in [4.78, 5) is 20.7. The number of nitrogens with zero attached hydrogens (tertiary/aromatic N) is 2. The summed E-state index contributed by atoms with van der Waals surface area (Å²) in [6, 6.07) is 3.29. The van der Waals surface area contributed by atoms with Gasteiger partial charge in [0.2, 0.25) is 5.88 Å². The first-order chi connectivity index (χ1) is 15.9. The van der Waals surface area contributed by atoms with Gasteiger partial charge in [0.05, 0.1) is 12.3 Å². The van der Waals surface area contributed by atoms with Gasteiger partial charge in [0.25, 0.3) is 0 Å². The number of hydrogen-bond donors (Lipinski definition) is 3. The topological polar surface area (TPSA) is 121 Å². The van der Waals surface area contributed by atoms with Gasteiger partial charge >= 0.3 is 6.09 Å². The molecule has 1 aliphatic rings. The van der Waals surface area contributed by atoms with E-state index < -0.39 is 11.9 Å². The number of nitrogens with one attached hydrogen (secondary N) is 2. The lowest BCUT2D eigenvalue weighted by Gasteiger charge is -2.22. The number of halogens is 1. The summed E-state index contributed by atoms with van der Waals surface area (Å²) in [7, 11) is 1.54. The number of anilines is 3. The first-order valence-corrected chi connectivity index (χ1v) is 10.6. The molecule has 2 aromatic heterocycles. The minimum Gasteiger partial charge on any atom is -0.474 e. The van der Waals surface area contributed by atoms with E-state index in [0.29, 0.717) is 54.0 Å². The van der Waals surface area contributed by atoms with Crippen LogP contribution in [0.2, 0.25) is 0 Å². The number of nitrogen functional groups attached to an aromatic ring is 1. The normalized spacial score (nSPS) is 13.6. The van der Waals surface area contributed by atoms with Gasteiger partial charge in [0.15, 0.2) is 5.82 Å². The molecule has 0 fully saturated rings. The van der Waals surface area contributed by atoms with Crippen LogP contribution in [0.1, 0.15) is 18.9 Å². The maximum Gasteiger partial charge on any atom is 0.413 e. The molecule has 0 saturated carbocycles. The van der Waals surface area contributed by atoms with E-state index in [-0.39, 0.29) is 17.6 Å². The van der Waals surface area contributed by atoms with Gasteiger partial charge in [-0.05, 0) is 36.4 Å². The summed E-state index contributed by atoms with van der Waals surface area (Å²) in [5.74, 6) is 0.188. The number of fused-ring (bicyclic) bond motifs is 2. The molecule has 1 unspecified atom stereocenters. The van der Waals surface area contributed by atoms with E-state index in [0.717, 1.165) is 11.3 Å². The summed E-state index contributed by atoms with van der Waals surface area (Å²) < 4.78 is 31.2. The highest BCUT2D eigenvalue weighted by molar-refractivity contribution is 5.99. The van der Waals surface area contributed by atoms with Crippen molar-refractivity contribution in [2.75, 3.05) is 43.2 Å². The van der Waals surface area contributed by atoms with Gasteiger partial charge in [-0.25, -0.2) is 19.2 Å². The fraction of sp³-hybridized carbons (Fsp3) is 0.348. The van der Waals surface area contributed by atoms with Crippen LogP contribution in [-0.2, 0) is 9.47 Å². The Labute approximate surface area is 190 Å². The predicted octanol–water partition coefficient (Wildman–Crippen LogP) is 4.10. The number of carbonyl (C=O) groups excluding carboxylic acids is 1. The van der Waals surface area contributed by atoms with Gasteiger partial charge < -0.3 is 25.3 Å². The zero-order valence-electron chi connectivity index (χ0n) is 18.7. The molecule has 1 aliphatic heterocycles. The summed E-state index contributed by atoms with van der Waals surface area (Å²) >= 11 is 0. The Balaban J connectivity index is 1.69. The molecule has 174 valence electrons. The lowest BCUT2D eigenvalue weighted by molar-refractivity contribution is 0.0443. The Bertz CT molecular complexity index is 1200. The van der Waals surface area contributed by atoms with Crippen LogP contribution in [0, 0.1) is 12.7 Å². The molecule has 1 amide bonds. The first kappa shape index (κ1) is 22.5. The second kappa shape index (κ2) is 9.45. The number of nitrogens with two attached hydrogens (primary N) is 1. The van der Waals surface area contributed by atoms with E-state index in [1.807, 2.05) is 13.8 Å². The molecule has 9 nitrogen and oxygen atoms in total. The Hall–Kier alpha value is -3.66. The van der Waals surface area contributed by atoms with Crippen molar-refractivity contribution in [2.24, 2.45) is 0 Å². The van der Waals surface area contributed by atoms with Crippen molar-refractivity contribution in [3.63, 3.8) is 0 Å². The minimum absolute atomic E-state index is 0.0309.